The van der Waals surface area contributed by atoms with E-state index in [9.17, 15) is 18.0 Å². The van der Waals surface area contributed by atoms with Crippen LogP contribution < -0.4 is 0 Å². The first kappa shape index (κ1) is 15.3. The molecule has 0 aliphatic carbocycles. The first-order valence-electron chi connectivity index (χ1n) is 5.81. The Labute approximate surface area is 123 Å². The summed E-state index contributed by atoms with van der Waals surface area (Å²) in [4.78, 5) is 14.5. The molecule has 0 unspecified atom stereocenters. The Morgan fingerprint density at radius 1 is 1.24 bits per heavy atom. The lowest BCUT2D eigenvalue weighted by molar-refractivity contribution is -0.138. The van der Waals surface area contributed by atoms with Crippen molar-refractivity contribution in [1.29, 1.82) is 0 Å². The highest BCUT2D eigenvalue weighted by Gasteiger charge is 2.30. The summed E-state index contributed by atoms with van der Waals surface area (Å²) in [6.45, 7) is 0. The molecule has 2 aromatic rings. The molecule has 1 aromatic carbocycles. The fourth-order valence-electron chi connectivity index (χ4n) is 1.81. The predicted octanol–water partition coefficient (Wildman–Crippen LogP) is 4.05. The number of halogens is 4. The summed E-state index contributed by atoms with van der Waals surface area (Å²) < 4.78 is 38.1. The van der Waals surface area contributed by atoms with Gasteiger partial charge in [-0.15, -0.1) is 0 Å². The van der Waals surface area contributed by atoms with Gasteiger partial charge in [-0.25, -0.2) is 4.98 Å². The number of carboxylic acid groups (broad SMARTS) is 1. The van der Waals surface area contributed by atoms with Crippen molar-refractivity contribution in [2.24, 2.45) is 0 Å². The zero-order valence-electron chi connectivity index (χ0n) is 10.5. The molecule has 0 aliphatic rings. The second kappa shape index (κ2) is 5.73. The summed E-state index contributed by atoms with van der Waals surface area (Å²) >= 11 is 5.78. The number of hydrogen-bond donors (Lipinski definition) is 1. The van der Waals surface area contributed by atoms with Gasteiger partial charge < -0.3 is 5.11 Å². The number of hydrogen-bond acceptors (Lipinski definition) is 2. The average molecular weight is 316 g/mol. The van der Waals surface area contributed by atoms with E-state index in [0.29, 0.717) is 11.1 Å². The van der Waals surface area contributed by atoms with Gasteiger partial charge in [-0.05, 0) is 23.8 Å². The zero-order chi connectivity index (χ0) is 15.6. The first-order valence-corrected chi connectivity index (χ1v) is 6.19. The molecule has 1 N–H and O–H groups in total. The fraction of sp³-hybridized carbons (Fsp3) is 0.143. The minimum atomic E-state index is -4.44. The number of carbonyl (C=O) groups is 1. The molecule has 0 spiro atoms. The number of carboxylic acids is 1. The Hall–Kier alpha value is -2.08. The van der Waals surface area contributed by atoms with E-state index in [1.807, 2.05) is 0 Å². The Balaban J connectivity index is 2.45. The lowest BCUT2D eigenvalue weighted by atomic mass is 10.0. The van der Waals surface area contributed by atoms with Gasteiger partial charge in [0, 0.05) is 17.3 Å². The third-order valence-electron chi connectivity index (χ3n) is 2.78. The summed E-state index contributed by atoms with van der Waals surface area (Å²) in [5, 5.41) is 8.79. The van der Waals surface area contributed by atoms with Crippen LogP contribution in [0.25, 0.3) is 11.1 Å². The van der Waals surface area contributed by atoms with Gasteiger partial charge in [0.25, 0.3) is 0 Å². The van der Waals surface area contributed by atoms with E-state index in [4.69, 9.17) is 16.7 Å². The first-order chi connectivity index (χ1) is 9.77. The number of alkyl halides is 3. The highest BCUT2D eigenvalue weighted by molar-refractivity contribution is 6.30. The van der Waals surface area contributed by atoms with Crippen molar-refractivity contribution >= 4 is 17.6 Å². The second-order valence-corrected chi connectivity index (χ2v) is 4.68. The highest BCUT2D eigenvalue weighted by atomic mass is 35.5. The standard InChI is InChI=1S/C14H9ClF3NO2/c15-13-9(6-12(20)21)4-10(7-19-13)8-2-1-3-11(5-8)14(16,17)18/h1-5,7H,6H2,(H,20,21). The van der Waals surface area contributed by atoms with Gasteiger partial charge in [0.15, 0.2) is 0 Å². The van der Waals surface area contributed by atoms with Gasteiger partial charge in [-0.2, -0.15) is 13.2 Å². The highest BCUT2D eigenvalue weighted by Crippen LogP contribution is 2.32. The molecule has 110 valence electrons. The molecule has 0 atom stereocenters. The normalized spacial score (nSPS) is 11.4. The molecule has 0 radical (unpaired) electrons. The fourth-order valence-corrected chi connectivity index (χ4v) is 1.98. The van der Waals surface area contributed by atoms with Crippen LogP contribution in [0.1, 0.15) is 11.1 Å². The van der Waals surface area contributed by atoms with Crippen LogP contribution in [0.2, 0.25) is 5.15 Å². The number of aromatic nitrogens is 1. The number of benzene rings is 1. The van der Waals surface area contributed by atoms with Gasteiger partial charge in [0.05, 0.1) is 12.0 Å². The molecule has 7 heteroatoms. The average Bonchev–Trinajstić information content (AvgIpc) is 2.40. The maximum atomic E-state index is 12.7. The summed E-state index contributed by atoms with van der Waals surface area (Å²) in [5.74, 6) is -1.10. The van der Waals surface area contributed by atoms with Crippen LogP contribution in [0.15, 0.2) is 36.5 Å². The van der Waals surface area contributed by atoms with Gasteiger partial charge in [0.2, 0.25) is 0 Å². The second-order valence-electron chi connectivity index (χ2n) is 4.32. The van der Waals surface area contributed by atoms with E-state index < -0.39 is 17.7 Å². The predicted molar refractivity (Wildman–Crippen MR) is 71.0 cm³/mol. The van der Waals surface area contributed by atoms with Crippen LogP contribution in [-0.4, -0.2) is 16.1 Å². The van der Waals surface area contributed by atoms with Crippen LogP contribution in [-0.2, 0) is 17.4 Å². The topological polar surface area (TPSA) is 50.2 Å². The van der Waals surface area contributed by atoms with Crippen LogP contribution >= 0.6 is 11.6 Å². The number of pyridine rings is 1. The molecule has 1 aromatic heterocycles. The molecule has 0 saturated heterocycles. The van der Waals surface area contributed by atoms with Gasteiger partial charge in [-0.1, -0.05) is 23.7 Å². The zero-order valence-corrected chi connectivity index (χ0v) is 11.2. The number of aliphatic carboxylic acids is 1. The Bertz CT molecular complexity index is 686. The number of nitrogens with zero attached hydrogens (tertiary/aromatic N) is 1. The van der Waals surface area contributed by atoms with E-state index in [-0.39, 0.29) is 17.1 Å². The molecule has 0 saturated carbocycles. The molecule has 0 fully saturated rings. The lowest BCUT2D eigenvalue weighted by Crippen LogP contribution is -2.05. The van der Waals surface area contributed by atoms with Crippen LogP contribution in [0.5, 0.6) is 0 Å². The largest absolute Gasteiger partial charge is 0.481 e. The van der Waals surface area contributed by atoms with Gasteiger partial charge in [-0.3, -0.25) is 4.79 Å². The Kier molecular flexibility index (Phi) is 4.18. The summed E-state index contributed by atoms with van der Waals surface area (Å²) in [7, 11) is 0. The van der Waals surface area contributed by atoms with Crippen molar-refractivity contribution in [3.8, 4) is 11.1 Å². The quantitative estimate of drug-likeness (QED) is 0.869. The number of rotatable bonds is 3. The smallest absolute Gasteiger partial charge is 0.416 e. The third kappa shape index (κ3) is 3.72. The lowest BCUT2D eigenvalue weighted by Gasteiger charge is -2.10. The van der Waals surface area contributed by atoms with E-state index in [0.717, 1.165) is 12.1 Å². The molecule has 21 heavy (non-hydrogen) atoms. The molecule has 0 bridgehead atoms. The van der Waals surface area contributed by atoms with Crippen molar-refractivity contribution < 1.29 is 23.1 Å². The monoisotopic (exact) mass is 315 g/mol. The third-order valence-corrected chi connectivity index (χ3v) is 3.12. The summed E-state index contributed by atoms with van der Waals surface area (Å²) in [6.07, 6.45) is -3.48. The van der Waals surface area contributed by atoms with Gasteiger partial charge >= 0.3 is 12.1 Å². The molecule has 2 rings (SSSR count). The van der Waals surface area contributed by atoms with Crippen LogP contribution in [0.4, 0.5) is 13.2 Å². The summed E-state index contributed by atoms with van der Waals surface area (Å²) in [6, 6.07) is 6.15. The molecular weight excluding hydrogens is 307 g/mol. The molecule has 0 aliphatic heterocycles. The van der Waals surface area contributed by atoms with Crippen molar-refractivity contribution in [1.82, 2.24) is 4.98 Å². The SMILES string of the molecule is O=C(O)Cc1cc(-c2cccc(C(F)(F)F)c2)cnc1Cl. The van der Waals surface area contributed by atoms with Crippen molar-refractivity contribution in [2.75, 3.05) is 0 Å². The van der Waals surface area contributed by atoms with Crippen molar-refractivity contribution in [2.45, 2.75) is 12.6 Å². The van der Waals surface area contributed by atoms with Crippen LogP contribution in [0, 0.1) is 0 Å². The summed E-state index contributed by atoms with van der Waals surface area (Å²) in [5.41, 5.74) is 0.135. The van der Waals surface area contributed by atoms with Crippen molar-refractivity contribution in [3.63, 3.8) is 0 Å². The Morgan fingerprint density at radius 3 is 2.57 bits per heavy atom. The van der Waals surface area contributed by atoms with Crippen molar-refractivity contribution in [3.05, 3.63) is 52.8 Å². The van der Waals surface area contributed by atoms with E-state index in [2.05, 4.69) is 4.98 Å². The van der Waals surface area contributed by atoms with E-state index in [1.165, 1.54) is 24.4 Å². The minimum absolute atomic E-state index is 0.0214. The molecule has 3 nitrogen and oxygen atoms in total. The Morgan fingerprint density at radius 2 is 1.95 bits per heavy atom. The molecular formula is C14H9ClF3NO2. The van der Waals surface area contributed by atoms with E-state index >= 15 is 0 Å². The molecule has 1 heterocycles. The van der Waals surface area contributed by atoms with Gasteiger partial charge in [0.1, 0.15) is 5.15 Å². The maximum absolute atomic E-state index is 12.7. The van der Waals surface area contributed by atoms with Crippen LogP contribution in [0.3, 0.4) is 0 Å². The maximum Gasteiger partial charge on any atom is 0.416 e. The minimum Gasteiger partial charge on any atom is -0.481 e. The van der Waals surface area contributed by atoms with E-state index in [1.54, 1.807) is 0 Å². The molecule has 0 amide bonds.